The molecule has 186 valence electrons. The van der Waals surface area contributed by atoms with Crippen molar-refractivity contribution in [2.45, 2.75) is 52.7 Å². The summed E-state index contributed by atoms with van der Waals surface area (Å²) in [7, 11) is -3.77. The summed E-state index contributed by atoms with van der Waals surface area (Å²) in [5.41, 5.74) is 2.00. The van der Waals surface area contributed by atoms with Gasteiger partial charge in [0.2, 0.25) is 21.8 Å². The predicted octanol–water partition coefficient (Wildman–Crippen LogP) is 4.40. The Morgan fingerprint density at radius 3 is 2.15 bits per heavy atom. The fraction of sp³-hybridized carbons (Fsp3) is 0.417. The second-order valence-corrected chi connectivity index (χ2v) is 11.2. The third-order valence-corrected chi connectivity index (χ3v) is 7.03. The SMILES string of the molecule is CC[C@H](C(=O)NC(C)C)N(Cc1ccc(Cl)c(Cl)c1)C(=O)CN(c1ccc(C)cc1)S(C)(=O)=O. The summed E-state index contributed by atoms with van der Waals surface area (Å²) in [4.78, 5) is 27.9. The molecule has 0 aliphatic heterocycles. The summed E-state index contributed by atoms with van der Waals surface area (Å²) in [6.45, 7) is 6.96. The molecule has 0 saturated heterocycles. The van der Waals surface area contributed by atoms with Crippen LogP contribution in [0.5, 0.6) is 0 Å². The Labute approximate surface area is 212 Å². The molecule has 2 amide bonds. The topological polar surface area (TPSA) is 86.8 Å². The van der Waals surface area contributed by atoms with Gasteiger partial charge in [-0.3, -0.25) is 13.9 Å². The molecule has 0 aromatic heterocycles. The van der Waals surface area contributed by atoms with E-state index in [1.54, 1.807) is 49.4 Å². The molecule has 0 saturated carbocycles. The highest BCUT2D eigenvalue weighted by Crippen LogP contribution is 2.25. The maximum atomic E-state index is 13.6. The molecule has 0 heterocycles. The van der Waals surface area contributed by atoms with Crippen molar-refractivity contribution < 1.29 is 18.0 Å². The van der Waals surface area contributed by atoms with Crippen molar-refractivity contribution in [1.82, 2.24) is 10.2 Å². The van der Waals surface area contributed by atoms with Crippen LogP contribution < -0.4 is 9.62 Å². The number of halogens is 2. The van der Waals surface area contributed by atoms with E-state index < -0.39 is 28.5 Å². The molecule has 0 radical (unpaired) electrons. The average molecular weight is 529 g/mol. The molecule has 0 aliphatic rings. The first-order valence-corrected chi connectivity index (χ1v) is 13.5. The first-order valence-electron chi connectivity index (χ1n) is 10.9. The van der Waals surface area contributed by atoms with Crippen molar-refractivity contribution in [3.63, 3.8) is 0 Å². The van der Waals surface area contributed by atoms with Crippen LogP contribution in [-0.4, -0.2) is 50.0 Å². The molecule has 2 aromatic carbocycles. The second kappa shape index (κ2) is 11.9. The van der Waals surface area contributed by atoms with E-state index in [0.717, 1.165) is 16.1 Å². The summed E-state index contributed by atoms with van der Waals surface area (Å²) in [6, 6.07) is 10.9. The molecule has 1 atom stereocenters. The number of carbonyl (C=O) groups is 2. The summed E-state index contributed by atoms with van der Waals surface area (Å²) in [6.07, 6.45) is 1.39. The molecule has 2 rings (SSSR count). The van der Waals surface area contributed by atoms with Crippen LogP contribution in [0.25, 0.3) is 0 Å². The van der Waals surface area contributed by atoms with E-state index in [-0.39, 0.29) is 18.5 Å². The molecule has 34 heavy (non-hydrogen) atoms. The van der Waals surface area contributed by atoms with Crippen molar-refractivity contribution >= 4 is 50.7 Å². The number of anilines is 1. The molecule has 0 unspecified atom stereocenters. The number of hydrogen-bond donors (Lipinski definition) is 1. The quantitative estimate of drug-likeness (QED) is 0.495. The molecule has 1 N–H and O–H groups in total. The highest BCUT2D eigenvalue weighted by Gasteiger charge is 2.32. The lowest BCUT2D eigenvalue weighted by atomic mass is 10.1. The number of aryl methyl sites for hydroxylation is 1. The second-order valence-electron chi connectivity index (χ2n) is 8.46. The van der Waals surface area contributed by atoms with Crippen molar-refractivity contribution in [2.75, 3.05) is 17.1 Å². The standard InChI is InChI=1S/C24H31Cl2N3O4S/c1-6-22(24(31)27-16(2)3)28(14-18-9-12-20(25)21(26)13-18)23(30)15-29(34(5,32)33)19-10-7-17(4)8-11-19/h7-13,16,22H,6,14-15H2,1-5H3,(H,27,31)/t22-/m1/s1. The molecule has 0 aliphatic carbocycles. The molecule has 2 aromatic rings. The number of amides is 2. The highest BCUT2D eigenvalue weighted by molar-refractivity contribution is 7.92. The maximum Gasteiger partial charge on any atom is 0.244 e. The average Bonchev–Trinajstić information content (AvgIpc) is 2.73. The van der Waals surface area contributed by atoms with E-state index in [1.807, 2.05) is 20.8 Å². The first kappa shape index (κ1) is 28.0. The fourth-order valence-electron chi connectivity index (χ4n) is 3.46. The normalized spacial score (nSPS) is 12.4. The van der Waals surface area contributed by atoms with Gasteiger partial charge in [0.15, 0.2) is 0 Å². The van der Waals surface area contributed by atoms with Gasteiger partial charge in [-0.1, -0.05) is 53.9 Å². The number of rotatable bonds is 10. The van der Waals surface area contributed by atoms with E-state index in [0.29, 0.717) is 27.7 Å². The Bertz CT molecular complexity index is 1120. The van der Waals surface area contributed by atoms with E-state index in [1.165, 1.54) is 4.90 Å². The molecule has 10 heteroatoms. The van der Waals surface area contributed by atoms with Gasteiger partial charge >= 0.3 is 0 Å². The molecular weight excluding hydrogens is 497 g/mol. The number of benzene rings is 2. The highest BCUT2D eigenvalue weighted by atomic mass is 35.5. The largest absolute Gasteiger partial charge is 0.352 e. The molecule has 7 nitrogen and oxygen atoms in total. The Balaban J connectivity index is 2.45. The Morgan fingerprint density at radius 1 is 1.03 bits per heavy atom. The summed E-state index contributed by atoms with van der Waals surface area (Å²) >= 11 is 12.2. The lowest BCUT2D eigenvalue weighted by Crippen LogP contribution is -2.53. The zero-order chi connectivity index (χ0) is 25.6. The summed E-state index contributed by atoms with van der Waals surface area (Å²) in [5.74, 6) is -0.824. The van der Waals surface area contributed by atoms with Gasteiger partial charge in [-0.15, -0.1) is 0 Å². The van der Waals surface area contributed by atoms with E-state index >= 15 is 0 Å². The Kier molecular flexibility index (Phi) is 9.79. The lowest BCUT2D eigenvalue weighted by Gasteiger charge is -2.33. The van der Waals surface area contributed by atoms with Crippen LogP contribution in [0.1, 0.15) is 38.3 Å². The van der Waals surface area contributed by atoms with Gasteiger partial charge < -0.3 is 10.2 Å². The van der Waals surface area contributed by atoms with Gasteiger partial charge in [-0.25, -0.2) is 8.42 Å². The summed E-state index contributed by atoms with van der Waals surface area (Å²) in [5, 5.41) is 3.54. The summed E-state index contributed by atoms with van der Waals surface area (Å²) < 4.78 is 26.2. The lowest BCUT2D eigenvalue weighted by molar-refractivity contribution is -0.140. The number of carbonyl (C=O) groups excluding carboxylic acids is 2. The zero-order valence-electron chi connectivity index (χ0n) is 20.0. The van der Waals surface area contributed by atoms with Crippen LogP contribution in [-0.2, 0) is 26.2 Å². The van der Waals surface area contributed by atoms with Gasteiger partial charge in [0, 0.05) is 12.6 Å². The Morgan fingerprint density at radius 2 is 1.65 bits per heavy atom. The fourth-order valence-corrected chi connectivity index (χ4v) is 4.63. The number of hydrogen-bond acceptors (Lipinski definition) is 4. The van der Waals surface area contributed by atoms with Crippen molar-refractivity contribution in [3.05, 3.63) is 63.6 Å². The van der Waals surface area contributed by atoms with Crippen molar-refractivity contribution in [1.29, 1.82) is 0 Å². The maximum absolute atomic E-state index is 13.6. The first-order chi connectivity index (χ1) is 15.8. The van der Waals surface area contributed by atoms with Crippen LogP contribution in [0, 0.1) is 6.92 Å². The number of nitrogens with one attached hydrogen (secondary N) is 1. The number of sulfonamides is 1. The van der Waals surface area contributed by atoms with Crippen LogP contribution in [0.3, 0.4) is 0 Å². The monoisotopic (exact) mass is 527 g/mol. The van der Waals surface area contributed by atoms with Gasteiger partial charge in [-0.2, -0.15) is 0 Å². The zero-order valence-corrected chi connectivity index (χ0v) is 22.3. The van der Waals surface area contributed by atoms with Gasteiger partial charge in [0.05, 0.1) is 22.0 Å². The van der Waals surface area contributed by atoms with Crippen LogP contribution in [0.15, 0.2) is 42.5 Å². The third-order valence-electron chi connectivity index (χ3n) is 5.15. The van der Waals surface area contributed by atoms with Crippen molar-refractivity contribution in [2.24, 2.45) is 0 Å². The van der Waals surface area contributed by atoms with Crippen molar-refractivity contribution in [3.8, 4) is 0 Å². The molecule has 0 bridgehead atoms. The van der Waals surface area contributed by atoms with Gasteiger partial charge in [0.1, 0.15) is 12.6 Å². The minimum Gasteiger partial charge on any atom is -0.352 e. The van der Waals surface area contributed by atoms with Crippen LogP contribution in [0.2, 0.25) is 10.0 Å². The molecular formula is C24H31Cl2N3O4S. The predicted molar refractivity (Wildman–Crippen MR) is 138 cm³/mol. The Hall–Kier alpha value is -2.29. The van der Waals surface area contributed by atoms with Gasteiger partial charge in [-0.05, 0) is 57.0 Å². The van der Waals surface area contributed by atoms with Crippen LogP contribution in [0.4, 0.5) is 5.69 Å². The smallest absolute Gasteiger partial charge is 0.244 e. The third kappa shape index (κ3) is 7.61. The molecule has 0 fully saturated rings. The minimum atomic E-state index is -3.77. The molecule has 0 spiro atoms. The van der Waals surface area contributed by atoms with Gasteiger partial charge in [0.25, 0.3) is 0 Å². The van der Waals surface area contributed by atoms with Crippen LogP contribution >= 0.6 is 23.2 Å². The van der Waals surface area contributed by atoms with E-state index in [4.69, 9.17) is 23.2 Å². The van der Waals surface area contributed by atoms with E-state index in [9.17, 15) is 18.0 Å². The minimum absolute atomic E-state index is 0.0608. The number of nitrogens with zero attached hydrogens (tertiary/aromatic N) is 2. The van der Waals surface area contributed by atoms with E-state index in [2.05, 4.69) is 5.32 Å².